The summed E-state index contributed by atoms with van der Waals surface area (Å²) in [5.41, 5.74) is 2.05. The zero-order valence-corrected chi connectivity index (χ0v) is 16.5. The van der Waals surface area contributed by atoms with Gasteiger partial charge in [0.25, 0.3) is 5.91 Å². The molecule has 2 aromatic rings. The van der Waals surface area contributed by atoms with E-state index in [1.165, 1.54) is 0 Å². The Morgan fingerprint density at radius 2 is 2.04 bits per heavy atom. The van der Waals surface area contributed by atoms with Gasteiger partial charge in [0.15, 0.2) is 11.5 Å². The van der Waals surface area contributed by atoms with E-state index in [2.05, 4.69) is 23.7 Å². The zero-order chi connectivity index (χ0) is 19.0. The quantitative estimate of drug-likeness (QED) is 0.830. The van der Waals surface area contributed by atoms with Crippen LogP contribution < -0.4 is 0 Å². The number of amides is 1. The Kier molecular flexibility index (Phi) is 4.95. The first kappa shape index (κ1) is 18.4. The molecule has 1 aromatic carbocycles. The van der Waals surface area contributed by atoms with Crippen LogP contribution in [-0.4, -0.2) is 65.6 Å². The van der Waals surface area contributed by atoms with E-state index in [-0.39, 0.29) is 11.5 Å². The van der Waals surface area contributed by atoms with Gasteiger partial charge < -0.3 is 14.1 Å². The Bertz CT molecular complexity index is 821. The molecule has 6 heteroatoms. The molecule has 0 unspecified atom stereocenters. The number of nitrogens with zero attached hydrogens (tertiary/aromatic N) is 3. The lowest BCUT2D eigenvalue weighted by Gasteiger charge is -2.47. The van der Waals surface area contributed by atoms with Crippen LogP contribution in [0.3, 0.4) is 0 Å². The zero-order valence-electron chi connectivity index (χ0n) is 16.5. The minimum absolute atomic E-state index is 0.0654. The lowest BCUT2D eigenvalue weighted by Crippen LogP contribution is -2.57. The summed E-state index contributed by atoms with van der Waals surface area (Å²) < 4.78 is 11.8. The normalized spacial score (nSPS) is 20.7. The van der Waals surface area contributed by atoms with Gasteiger partial charge in [0.1, 0.15) is 5.52 Å². The van der Waals surface area contributed by atoms with Crippen molar-refractivity contribution in [2.24, 2.45) is 5.92 Å². The number of rotatable bonds is 3. The molecule has 4 rings (SSSR count). The number of aromatic nitrogens is 1. The van der Waals surface area contributed by atoms with E-state index >= 15 is 0 Å². The predicted octanol–water partition coefficient (Wildman–Crippen LogP) is 3.10. The van der Waals surface area contributed by atoms with Gasteiger partial charge in [-0.2, -0.15) is 0 Å². The Balaban J connectivity index is 1.41. The number of fused-ring (bicyclic) bond motifs is 1. The van der Waals surface area contributed by atoms with Crippen LogP contribution in [0.1, 0.15) is 42.9 Å². The van der Waals surface area contributed by atoms with E-state index in [1.807, 2.05) is 30.0 Å². The number of oxazole rings is 1. The third-order valence-electron chi connectivity index (χ3n) is 5.66. The fraction of sp³-hybridized carbons (Fsp3) is 0.619. The maximum absolute atomic E-state index is 12.9. The lowest BCUT2D eigenvalue weighted by atomic mass is 9.88. The molecule has 2 saturated heterocycles. The third kappa shape index (κ3) is 3.87. The van der Waals surface area contributed by atoms with E-state index in [9.17, 15) is 4.79 Å². The first-order valence-corrected chi connectivity index (χ1v) is 9.97. The van der Waals surface area contributed by atoms with Gasteiger partial charge in [0, 0.05) is 45.2 Å². The van der Waals surface area contributed by atoms with Crippen molar-refractivity contribution in [3.05, 3.63) is 29.7 Å². The second kappa shape index (κ2) is 7.24. The minimum atomic E-state index is -0.0874. The number of carbonyl (C=O) groups is 1. The second-order valence-electron chi connectivity index (χ2n) is 8.37. The van der Waals surface area contributed by atoms with Crippen LogP contribution in [0.15, 0.2) is 22.6 Å². The molecule has 1 spiro atoms. The molecule has 0 atom stereocenters. The monoisotopic (exact) mass is 371 g/mol. The molecule has 146 valence electrons. The molecule has 0 N–H and O–H groups in total. The Morgan fingerprint density at radius 3 is 2.78 bits per heavy atom. The number of hydrogen-bond acceptors (Lipinski definition) is 5. The summed E-state index contributed by atoms with van der Waals surface area (Å²) in [7, 11) is 0. The number of ether oxygens (including phenoxy) is 1. The molecule has 2 aliphatic heterocycles. The number of likely N-dealkylation sites (tertiary alicyclic amines) is 1. The van der Waals surface area contributed by atoms with Crippen LogP contribution in [0.25, 0.3) is 11.1 Å². The molecule has 3 heterocycles. The molecule has 6 nitrogen and oxygen atoms in total. The summed E-state index contributed by atoms with van der Waals surface area (Å²) in [5, 5.41) is 0. The van der Waals surface area contributed by atoms with Gasteiger partial charge in [-0.1, -0.05) is 13.8 Å². The smallest absolute Gasteiger partial charge is 0.253 e. The van der Waals surface area contributed by atoms with Gasteiger partial charge in [-0.15, -0.1) is 0 Å². The fourth-order valence-electron chi connectivity index (χ4n) is 4.37. The Morgan fingerprint density at radius 1 is 1.26 bits per heavy atom. The number of benzene rings is 1. The summed E-state index contributed by atoms with van der Waals surface area (Å²) in [6.45, 7) is 11.7. The molecule has 27 heavy (non-hydrogen) atoms. The first-order valence-electron chi connectivity index (χ1n) is 9.97. The van der Waals surface area contributed by atoms with E-state index in [4.69, 9.17) is 9.15 Å². The largest absolute Gasteiger partial charge is 0.441 e. The summed E-state index contributed by atoms with van der Waals surface area (Å²) in [6, 6.07) is 5.51. The van der Waals surface area contributed by atoms with Crippen LogP contribution >= 0.6 is 0 Å². The van der Waals surface area contributed by atoms with Crippen molar-refractivity contribution < 1.29 is 13.9 Å². The fourth-order valence-corrected chi connectivity index (χ4v) is 4.37. The van der Waals surface area contributed by atoms with Gasteiger partial charge in [-0.3, -0.25) is 9.69 Å². The van der Waals surface area contributed by atoms with Gasteiger partial charge in [0.2, 0.25) is 0 Å². The van der Waals surface area contributed by atoms with E-state index in [0.717, 1.165) is 57.7 Å². The Labute approximate surface area is 160 Å². The van der Waals surface area contributed by atoms with Crippen LogP contribution in [-0.2, 0) is 4.74 Å². The van der Waals surface area contributed by atoms with E-state index in [0.29, 0.717) is 23.0 Å². The highest BCUT2D eigenvalue weighted by Gasteiger charge is 2.40. The maximum atomic E-state index is 12.9. The van der Waals surface area contributed by atoms with E-state index < -0.39 is 0 Å². The number of aryl methyl sites for hydroxylation is 1. The number of morpholine rings is 1. The molecule has 0 bridgehead atoms. The van der Waals surface area contributed by atoms with E-state index in [1.54, 1.807) is 0 Å². The number of carbonyl (C=O) groups excluding carboxylic acids is 1. The van der Waals surface area contributed by atoms with Crippen LogP contribution in [0.4, 0.5) is 0 Å². The summed E-state index contributed by atoms with van der Waals surface area (Å²) in [4.78, 5) is 21.7. The van der Waals surface area contributed by atoms with Crippen molar-refractivity contribution in [2.75, 3.05) is 39.3 Å². The Hall–Kier alpha value is -1.92. The van der Waals surface area contributed by atoms with Crippen LogP contribution in [0.2, 0.25) is 0 Å². The number of piperidine rings is 1. The van der Waals surface area contributed by atoms with Crippen molar-refractivity contribution >= 4 is 17.0 Å². The molecule has 1 aromatic heterocycles. The summed E-state index contributed by atoms with van der Waals surface area (Å²) >= 11 is 0. The van der Waals surface area contributed by atoms with Crippen LogP contribution in [0.5, 0.6) is 0 Å². The highest BCUT2D eigenvalue weighted by Crippen LogP contribution is 2.31. The molecule has 0 radical (unpaired) electrons. The summed E-state index contributed by atoms with van der Waals surface area (Å²) in [6.07, 6.45) is 1.80. The SMILES string of the molecule is Cc1nc2ccc(C(=O)N3CCC4(CC3)CN(CC(C)C)CCO4)cc2o1. The molecule has 2 fully saturated rings. The molecule has 0 aliphatic carbocycles. The maximum Gasteiger partial charge on any atom is 0.253 e. The van der Waals surface area contributed by atoms with Crippen molar-refractivity contribution in [1.29, 1.82) is 0 Å². The molecule has 2 aliphatic rings. The first-order chi connectivity index (χ1) is 12.9. The second-order valence-corrected chi connectivity index (χ2v) is 8.37. The molecular weight excluding hydrogens is 342 g/mol. The van der Waals surface area contributed by atoms with Gasteiger partial charge in [0.05, 0.1) is 12.2 Å². The van der Waals surface area contributed by atoms with Gasteiger partial charge >= 0.3 is 0 Å². The average Bonchev–Trinajstić information content (AvgIpc) is 3.00. The molecular formula is C21H29N3O3. The standard InChI is InChI=1S/C21H29N3O3/c1-15(2)13-23-10-11-26-21(14-23)6-8-24(9-7-21)20(25)17-4-5-18-19(12-17)27-16(3)22-18/h4-5,12,15H,6-11,13-14H2,1-3H3. The molecule has 0 saturated carbocycles. The lowest BCUT2D eigenvalue weighted by molar-refractivity contribution is -0.133. The summed E-state index contributed by atoms with van der Waals surface area (Å²) in [5.74, 6) is 1.35. The highest BCUT2D eigenvalue weighted by atomic mass is 16.5. The van der Waals surface area contributed by atoms with Crippen molar-refractivity contribution in [1.82, 2.24) is 14.8 Å². The van der Waals surface area contributed by atoms with Gasteiger partial charge in [-0.05, 0) is 37.0 Å². The number of hydrogen-bond donors (Lipinski definition) is 0. The molecule has 1 amide bonds. The third-order valence-corrected chi connectivity index (χ3v) is 5.66. The topological polar surface area (TPSA) is 58.8 Å². The van der Waals surface area contributed by atoms with Gasteiger partial charge in [-0.25, -0.2) is 4.98 Å². The minimum Gasteiger partial charge on any atom is -0.441 e. The average molecular weight is 371 g/mol. The van der Waals surface area contributed by atoms with Crippen molar-refractivity contribution in [3.63, 3.8) is 0 Å². The van der Waals surface area contributed by atoms with Crippen LogP contribution in [0, 0.1) is 12.8 Å². The van der Waals surface area contributed by atoms with Crippen molar-refractivity contribution in [2.45, 2.75) is 39.2 Å². The highest BCUT2D eigenvalue weighted by molar-refractivity contribution is 5.97. The van der Waals surface area contributed by atoms with Crippen molar-refractivity contribution in [3.8, 4) is 0 Å². The predicted molar refractivity (Wildman–Crippen MR) is 104 cm³/mol.